The molecule has 0 aromatic carbocycles. The van der Waals surface area contributed by atoms with Crippen molar-refractivity contribution in [3.8, 4) is 0 Å². The van der Waals surface area contributed by atoms with E-state index in [-0.39, 0.29) is 0 Å². The van der Waals surface area contributed by atoms with Crippen molar-refractivity contribution in [3.05, 3.63) is 0 Å². The van der Waals surface area contributed by atoms with Gasteiger partial charge in [-0.05, 0) is 19.3 Å². The summed E-state index contributed by atoms with van der Waals surface area (Å²) in [5.41, 5.74) is 0. The Kier molecular flexibility index (Phi) is 9.94. The fourth-order valence-corrected chi connectivity index (χ4v) is 1.22. The van der Waals surface area contributed by atoms with E-state index < -0.39 is 6.29 Å². The van der Waals surface area contributed by atoms with Crippen molar-refractivity contribution in [1.29, 1.82) is 0 Å². The molecule has 0 aromatic heterocycles. The molecule has 0 amide bonds. The molecule has 0 saturated heterocycles. The number of ether oxygens (including phenoxy) is 1. The largest absolute Gasteiger partial charge is 0.368 e. The van der Waals surface area contributed by atoms with Crippen molar-refractivity contribution in [3.63, 3.8) is 0 Å². The fraction of sp³-hybridized carbons (Fsp3) is 1.00. The van der Waals surface area contributed by atoms with Gasteiger partial charge in [0.1, 0.15) is 0 Å². The lowest BCUT2D eigenvalue weighted by molar-refractivity contribution is -0.105. The van der Waals surface area contributed by atoms with Crippen LogP contribution in [-0.4, -0.2) is 18.0 Å². The summed E-state index contributed by atoms with van der Waals surface area (Å²) in [5.74, 6) is 0. The first-order valence-electron chi connectivity index (χ1n) is 5.61. The van der Waals surface area contributed by atoms with Crippen LogP contribution >= 0.6 is 0 Å². The minimum Gasteiger partial charge on any atom is -0.368 e. The van der Waals surface area contributed by atoms with Gasteiger partial charge in [0.25, 0.3) is 0 Å². The summed E-state index contributed by atoms with van der Waals surface area (Å²) >= 11 is 0. The highest BCUT2D eigenvalue weighted by Crippen LogP contribution is 2.05. The lowest BCUT2D eigenvalue weighted by Crippen LogP contribution is -2.12. The highest BCUT2D eigenvalue weighted by molar-refractivity contribution is 4.45. The molecule has 0 aliphatic rings. The summed E-state index contributed by atoms with van der Waals surface area (Å²) in [7, 11) is 0. The highest BCUT2D eigenvalue weighted by atomic mass is 16.6. The van der Waals surface area contributed by atoms with Gasteiger partial charge in [-0.15, -0.1) is 0 Å². The Hall–Kier alpha value is -0.0800. The number of hydrogen-bond donors (Lipinski definition) is 1. The van der Waals surface area contributed by atoms with Gasteiger partial charge in [0.2, 0.25) is 0 Å². The Morgan fingerprint density at radius 1 is 1.00 bits per heavy atom. The molecule has 1 N–H and O–H groups in total. The molecule has 1 atom stereocenters. The maximum Gasteiger partial charge on any atom is 0.154 e. The number of aliphatic hydroxyl groups is 1. The zero-order valence-corrected chi connectivity index (χ0v) is 9.09. The van der Waals surface area contributed by atoms with E-state index in [2.05, 4.69) is 13.8 Å². The quantitative estimate of drug-likeness (QED) is 0.445. The monoisotopic (exact) mass is 188 g/mol. The van der Waals surface area contributed by atoms with Crippen LogP contribution in [0.5, 0.6) is 0 Å². The van der Waals surface area contributed by atoms with Crippen LogP contribution in [0.15, 0.2) is 0 Å². The van der Waals surface area contributed by atoms with Gasteiger partial charge in [-0.1, -0.05) is 39.5 Å². The molecular formula is C11H24O2. The predicted molar refractivity (Wildman–Crippen MR) is 55.6 cm³/mol. The van der Waals surface area contributed by atoms with Gasteiger partial charge in [0.05, 0.1) is 0 Å². The van der Waals surface area contributed by atoms with Crippen molar-refractivity contribution >= 4 is 0 Å². The van der Waals surface area contributed by atoms with Crippen molar-refractivity contribution in [2.45, 2.75) is 65.1 Å². The van der Waals surface area contributed by atoms with Crippen LogP contribution in [-0.2, 0) is 4.74 Å². The number of unbranched alkanes of at least 4 members (excludes halogenated alkanes) is 4. The first-order valence-corrected chi connectivity index (χ1v) is 5.61. The topological polar surface area (TPSA) is 29.5 Å². The van der Waals surface area contributed by atoms with Crippen molar-refractivity contribution in [2.75, 3.05) is 6.61 Å². The second-order valence-electron chi connectivity index (χ2n) is 3.53. The molecule has 2 heteroatoms. The van der Waals surface area contributed by atoms with E-state index in [1.807, 2.05) is 0 Å². The van der Waals surface area contributed by atoms with Crippen molar-refractivity contribution < 1.29 is 9.84 Å². The summed E-state index contributed by atoms with van der Waals surface area (Å²) in [6, 6.07) is 0. The Bertz CT molecular complexity index is 94.1. The maximum absolute atomic E-state index is 9.35. The zero-order valence-electron chi connectivity index (χ0n) is 9.09. The first kappa shape index (κ1) is 12.9. The van der Waals surface area contributed by atoms with E-state index in [0.29, 0.717) is 6.61 Å². The third kappa shape index (κ3) is 9.84. The van der Waals surface area contributed by atoms with Gasteiger partial charge in [0.15, 0.2) is 6.29 Å². The van der Waals surface area contributed by atoms with Gasteiger partial charge in [-0.25, -0.2) is 0 Å². The molecule has 0 spiro atoms. The Balaban J connectivity index is 3.05. The molecule has 0 rings (SSSR count). The Morgan fingerprint density at radius 3 is 2.23 bits per heavy atom. The van der Waals surface area contributed by atoms with Gasteiger partial charge in [0, 0.05) is 6.61 Å². The average molecular weight is 188 g/mol. The molecular weight excluding hydrogens is 164 g/mol. The second kappa shape index (κ2) is 10.0. The maximum atomic E-state index is 9.35. The smallest absolute Gasteiger partial charge is 0.154 e. The van der Waals surface area contributed by atoms with Gasteiger partial charge in [-0.2, -0.15) is 0 Å². The van der Waals surface area contributed by atoms with Crippen LogP contribution in [0.3, 0.4) is 0 Å². The molecule has 0 aliphatic heterocycles. The number of hydrogen-bond acceptors (Lipinski definition) is 2. The van der Waals surface area contributed by atoms with E-state index in [0.717, 1.165) is 19.3 Å². The van der Waals surface area contributed by atoms with E-state index >= 15 is 0 Å². The van der Waals surface area contributed by atoms with Gasteiger partial charge >= 0.3 is 0 Å². The molecule has 0 fully saturated rings. The lowest BCUT2D eigenvalue weighted by Gasteiger charge is -2.10. The van der Waals surface area contributed by atoms with Crippen LogP contribution in [0.1, 0.15) is 58.8 Å². The molecule has 0 aromatic rings. The zero-order chi connectivity index (χ0) is 9.94. The molecule has 0 aliphatic carbocycles. The van der Waals surface area contributed by atoms with Crippen LogP contribution in [0.2, 0.25) is 0 Å². The molecule has 2 nitrogen and oxygen atoms in total. The molecule has 0 heterocycles. The predicted octanol–water partition coefficient (Wildman–Crippen LogP) is 3.09. The highest BCUT2D eigenvalue weighted by Gasteiger charge is 2.02. The van der Waals surface area contributed by atoms with E-state index in [1.54, 1.807) is 0 Å². The van der Waals surface area contributed by atoms with Crippen molar-refractivity contribution in [2.24, 2.45) is 0 Å². The molecule has 0 bridgehead atoms. The standard InChI is InChI=1S/C11H24O2/c1-3-5-7-9-11(12)13-10-8-6-4-2/h11-12H,3-10H2,1-2H3. The summed E-state index contributed by atoms with van der Waals surface area (Å²) < 4.78 is 5.25. The second-order valence-corrected chi connectivity index (χ2v) is 3.53. The lowest BCUT2D eigenvalue weighted by atomic mass is 10.2. The Morgan fingerprint density at radius 2 is 1.62 bits per heavy atom. The van der Waals surface area contributed by atoms with Gasteiger partial charge in [-0.3, -0.25) is 0 Å². The molecule has 80 valence electrons. The van der Waals surface area contributed by atoms with E-state index in [9.17, 15) is 5.11 Å². The molecule has 13 heavy (non-hydrogen) atoms. The average Bonchev–Trinajstić information content (AvgIpc) is 2.13. The minimum atomic E-state index is -0.525. The molecule has 0 saturated carbocycles. The van der Waals surface area contributed by atoms with E-state index in [4.69, 9.17) is 4.74 Å². The fourth-order valence-electron chi connectivity index (χ4n) is 1.22. The molecule has 1 unspecified atom stereocenters. The van der Waals surface area contributed by atoms with Crippen molar-refractivity contribution in [1.82, 2.24) is 0 Å². The normalized spacial score (nSPS) is 13.2. The summed E-state index contributed by atoms with van der Waals surface area (Å²) in [6.07, 6.45) is 7.20. The first-order chi connectivity index (χ1) is 6.31. The van der Waals surface area contributed by atoms with Gasteiger partial charge < -0.3 is 9.84 Å². The van der Waals surface area contributed by atoms with Crippen LogP contribution in [0.25, 0.3) is 0 Å². The molecule has 0 radical (unpaired) electrons. The van der Waals surface area contributed by atoms with Crippen LogP contribution < -0.4 is 0 Å². The summed E-state index contributed by atoms with van der Waals surface area (Å²) in [6.45, 7) is 5.04. The third-order valence-electron chi connectivity index (χ3n) is 2.11. The Labute approximate surface area is 82.3 Å². The minimum absolute atomic E-state index is 0.525. The van der Waals surface area contributed by atoms with Crippen LogP contribution in [0.4, 0.5) is 0 Å². The van der Waals surface area contributed by atoms with E-state index in [1.165, 1.54) is 25.7 Å². The summed E-state index contributed by atoms with van der Waals surface area (Å²) in [5, 5.41) is 9.35. The number of aliphatic hydroxyl groups excluding tert-OH is 1. The third-order valence-corrected chi connectivity index (χ3v) is 2.11. The SMILES string of the molecule is CCCCCOC(O)CCCCC. The van der Waals surface area contributed by atoms with Crippen LogP contribution in [0, 0.1) is 0 Å². The summed E-state index contributed by atoms with van der Waals surface area (Å²) in [4.78, 5) is 0. The number of rotatable bonds is 9.